The van der Waals surface area contributed by atoms with E-state index in [2.05, 4.69) is 25.2 Å². The van der Waals surface area contributed by atoms with Crippen LogP contribution in [0.1, 0.15) is 42.0 Å². The fourth-order valence-electron chi connectivity index (χ4n) is 2.06. The van der Waals surface area contributed by atoms with E-state index in [1.54, 1.807) is 10.4 Å². The van der Waals surface area contributed by atoms with Crippen LogP contribution in [0.5, 0.6) is 0 Å². The molecule has 2 heteroatoms. The van der Waals surface area contributed by atoms with Crippen LogP contribution >= 0.6 is 11.3 Å². The van der Waals surface area contributed by atoms with Gasteiger partial charge in [-0.25, -0.2) is 0 Å². The topological polar surface area (TPSA) is 12.0 Å². The molecule has 0 amide bonds. The molecule has 1 unspecified atom stereocenters. The van der Waals surface area contributed by atoms with Gasteiger partial charge in [0.2, 0.25) is 0 Å². The molecule has 1 nitrogen and oxygen atoms in total. The first-order chi connectivity index (χ1) is 7.29. The van der Waals surface area contributed by atoms with Crippen molar-refractivity contribution >= 4 is 11.3 Å². The van der Waals surface area contributed by atoms with Gasteiger partial charge in [0.15, 0.2) is 0 Å². The molecule has 1 aliphatic carbocycles. The Labute approximate surface area is 96.9 Å². The Balaban J connectivity index is 1.79. The lowest BCUT2D eigenvalue weighted by Crippen LogP contribution is -2.19. The maximum Gasteiger partial charge on any atom is 0.0300 e. The van der Waals surface area contributed by atoms with Gasteiger partial charge in [0.1, 0.15) is 0 Å². The van der Waals surface area contributed by atoms with Crippen molar-refractivity contribution in [2.45, 2.75) is 46.1 Å². The lowest BCUT2D eigenvalue weighted by molar-refractivity contribution is 0.501. The lowest BCUT2D eigenvalue weighted by Gasteiger charge is -2.08. The van der Waals surface area contributed by atoms with E-state index in [0.29, 0.717) is 0 Å². The summed E-state index contributed by atoms with van der Waals surface area (Å²) in [6, 6.07) is 2.41. The van der Waals surface area contributed by atoms with Gasteiger partial charge in [-0.05, 0) is 43.4 Å². The van der Waals surface area contributed by atoms with E-state index < -0.39 is 0 Å². The number of hydrogen-bond acceptors (Lipinski definition) is 2. The van der Waals surface area contributed by atoms with Gasteiger partial charge in [-0.15, -0.1) is 11.3 Å². The largest absolute Gasteiger partial charge is 0.312 e. The Morgan fingerprint density at radius 2 is 2.33 bits per heavy atom. The number of thiophene rings is 1. The van der Waals surface area contributed by atoms with Crippen LogP contribution in [0, 0.1) is 5.92 Å². The molecule has 0 saturated heterocycles. The summed E-state index contributed by atoms with van der Waals surface area (Å²) in [5.41, 5.74) is 1.63. The molecule has 0 spiro atoms. The maximum atomic E-state index is 3.55. The molecule has 1 N–H and O–H groups in total. The summed E-state index contributed by atoms with van der Waals surface area (Å²) in [7, 11) is 0. The molecule has 0 fully saturated rings. The maximum absolute atomic E-state index is 3.55. The van der Waals surface area contributed by atoms with Gasteiger partial charge in [-0.3, -0.25) is 0 Å². The highest BCUT2D eigenvalue weighted by molar-refractivity contribution is 7.12. The molecule has 84 valence electrons. The minimum atomic E-state index is 0.803. The first-order valence-corrected chi connectivity index (χ1v) is 6.92. The van der Waals surface area contributed by atoms with Crippen LogP contribution in [0.2, 0.25) is 0 Å². The number of hydrogen-bond donors (Lipinski definition) is 1. The quantitative estimate of drug-likeness (QED) is 0.807. The van der Waals surface area contributed by atoms with Gasteiger partial charge in [-0.2, -0.15) is 0 Å². The van der Waals surface area contributed by atoms with Crippen LogP contribution < -0.4 is 5.32 Å². The molecule has 15 heavy (non-hydrogen) atoms. The van der Waals surface area contributed by atoms with E-state index in [1.807, 2.05) is 11.3 Å². The summed E-state index contributed by atoms with van der Waals surface area (Å²) in [5, 5.41) is 3.55. The smallest absolute Gasteiger partial charge is 0.0300 e. The molecular weight excluding hydrogens is 202 g/mol. The number of rotatable bonds is 5. The summed E-state index contributed by atoms with van der Waals surface area (Å²) < 4.78 is 0. The van der Waals surface area contributed by atoms with E-state index in [4.69, 9.17) is 0 Å². The predicted molar refractivity (Wildman–Crippen MR) is 67.5 cm³/mol. The molecule has 1 aromatic rings. The van der Waals surface area contributed by atoms with E-state index in [1.165, 1.54) is 30.6 Å². The number of aryl methyl sites for hydroxylation is 2. The van der Waals surface area contributed by atoms with Crippen molar-refractivity contribution in [3.05, 3.63) is 21.4 Å². The second-order valence-corrected chi connectivity index (χ2v) is 5.88. The van der Waals surface area contributed by atoms with Gasteiger partial charge in [0, 0.05) is 16.3 Å². The zero-order chi connectivity index (χ0) is 10.7. The summed E-state index contributed by atoms with van der Waals surface area (Å²) >= 11 is 2.02. The minimum Gasteiger partial charge on any atom is -0.312 e. The first-order valence-electron chi connectivity index (χ1n) is 6.10. The highest BCUT2D eigenvalue weighted by Gasteiger charge is 2.14. The third kappa shape index (κ3) is 2.82. The van der Waals surface area contributed by atoms with Crippen LogP contribution in [-0.4, -0.2) is 6.54 Å². The molecular formula is C13H21NS. The Morgan fingerprint density at radius 3 is 3.07 bits per heavy atom. The number of nitrogens with one attached hydrogen (secondary N) is 1. The molecule has 0 aromatic carbocycles. The zero-order valence-electron chi connectivity index (χ0n) is 9.81. The zero-order valence-corrected chi connectivity index (χ0v) is 10.6. The third-order valence-electron chi connectivity index (χ3n) is 3.29. The van der Waals surface area contributed by atoms with Crippen molar-refractivity contribution in [1.29, 1.82) is 0 Å². The molecule has 1 heterocycles. The van der Waals surface area contributed by atoms with Crippen molar-refractivity contribution in [3.63, 3.8) is 0 Å². The standard InChI is InChI=1S/C13H21NS/c1-3-10(2)8-14-9-12-7-11-5-4-6-13(11)15-12/h7,10,14H,3-6,8-9H2,1-2H3. The highest BCUT2D eigenvalue weighted by Crippen LogP contribution is 2.30. The molecule has 0 bridgehead atoms. The summed E-state index contributed by atoms with van der Waals surface area (Å²) in [6.07, 6.45) is 5.29. The van der Waals surface area contributed by atoms with Gasteiger partial charge in [0.05, 0.1) is 0 Å². The molecule has 1 atom stereocenters. The summed E-state index contributed by atoms with van der Waals surface area (Å²) in [4.78, 5) is 3.18. The fourth-order valence-corrected chi connectivity index (χ4v) is 3.29. The van der Waals surface area contributed by atoms with Crippen molar-refractivity contribution in [1.82, 2.24) is 5.32 Å². The molecule has 0 saturated carbocycles. The van der Waals surface area contributed by atoms with Crippen molar-refractivity contribution in [3.8, 4) is 0 Å². The summed E-state index contributed by atoms with van der Waals surface area (Å²) in [5.74, 6) is 0.803. The van der Waals surface area contributed by atoms with E-state index >= 15 is 0 Å². The Morgan fingerprint density at radius 1 is 1.47 bits per heavy atom. The number of fused-ring (bicyclic) bond motifs is 1. The first kappa shape index (κ1) is 11.2. The third-order valence-corrected chi connectivity index (χ3v) is 4.52. The fraction of sp³-hybridized carbons (Fsp3) is 0.692. The van der Waals surface area contributed by atoms with Gasteiger partial charge < -0.3 is 5.32 Å². The van der Waals surface area contributed by atoms with Gasteiger partial charge >= 0.3 is 0 Å². The Kier molecular flexibility index (Phi) is 3.81. The highest BCUT2D eigenvalue weighted by atomic mass is 32.1. The minimum absolute atomic E-state index is 0.803. The predicted octanol–water partition coefficient (Wildman–Crippen LogP) is 3.37. The Bertz CT molecular complexity index is 295. The molecule has 0 radical (unpaired) electrons. The monoisotopic (exact) mass is 223 g/mol. The van der Waals surface area contributed by atoms with E-state index in [-0.39, 0.29) is 0 Å². The molecule has 2 rings (SSSR count). The van der Waals surface area contributed by atoms with Crippen molar-refractivity contribution < 1.29 is 0 Å². The SMILES string of the molecule is CCC(C)CNCc1cc2c(s1)CCC2. The molecule has 1 aliphatic rings. The van der Waals surface area contributed by atoms with Gasteiger partial charge in [-0.1, -0.05) is 20.3 Å². The van der Waals surface area contributed by atoms with Crippen molar-refractivity contribution in [2.24, 2.45) is 5.92 Å². The van der Waals surface area contributed by atoms with Gasteiger partial charge in [0.25, 0.3) is 0 Å². The average Bonchev–Trinajstić information content (AvgIpc) is 2.77. The lowest BCUT2D eigenvalue weighted by atomic mass is 10.1. The average molecular weight is 223 g/mol. The van der Waals surface area contributed by atoms with Crippen LogP contribution in [-0.2, 0) is 19.4 Å². The summed E-state index contributed by atoms with van der Waals surface area (Å²) in [6.45, 7) is 6.79. The van der Waals surface area contributed by atoms with Crippen LogP contribution in [0.25, 0.3) is 0 Å². The van der Waals surface area contributed by atoms with E-state index in [9.17, 15) is 0 Å². The van der Waals surface area contributed by atoms with E-state index in [0.717, 1.165) is 19.0 Å². The van der Waals surface area contributed by atoms with Crippen LogP contribution in [0.3, 0.4) is 0 Å². The second-order valence-electron chi connectivity index (χ2n) is 4.66. The normalized spacial score (nSPS) is 16.7. The van der Waals surface area contributed by atoms with Crippen molar-refractivity contribution in [2.75, 3.05) is 6.54 Å². The van der Waals surface area contributed by atoms with Crippen LogP contribution in [0.15, 0.2) is 6.07 Å². The second kappa shape index (κ2) is 5.13. The molecule has 1 aromatic heterocycles. The van der Waals surface area contributed by atoms with Crippen LogP contribution in [0.4, 0.5) is 0 Å². The Hall–Kier alpha value is -0.340. The molecule has 0 aliphatic heterocycles.